The first-order chi connectivity index (χ1) is 16.8. The molecule has 9 nitrogen and oxygen atoms in total. The Bertz CT molecular complexity index is 1130. The molecule has 11 heteroatoms. The van der Waals surface area contributed by atoms with Crippen molar-refractivity contribution in [2.75, 3.05) is 26.7 Å². The molecule has 0 aliphatic heterocycles. The molecule has 0 unspecified atom stereocenters. The lowest BCUT2D eigenvalue weighted by atomic mass is 9.93. The second kappa shape index (κ2) is 12.4. The number of amides is 1. The number of nitrogens with zero attached hydrogens (tertiary/aromatic N) is 3. The molecule has 3 rings (SSSR count). The van der Waals surface area contributed by atoms with Gasteiger partial charge < -0.3 is 20.4 Å². The quantitative estimate of drug-likeness (QED) is 0.299. The number of aliphatic hydroxyl groups excluding tert-OH is 1. The van der Waals surface area contributed by atoms with Crippen molar-refractivity contribution in [3.05, 3.63) is 70.8 Å². The number of benzene rings is 2. The van der Waals surface area contributed by atoms with Gasteiger partial charge in [0.15, 0.2) is 5.69 Å². The summed E-state index contributed by atoms with van der Waals surface area (Å²) in [5, 5.41) is 31.9. The van der Waals surface area contributed by atoms with Crippen LogP contribution >= 0.6 is 11.6 Å². The summed E-state index contributed by atoms with van der Waals surface area (Å²) >= 11 is 6.00. The number of H-pyrrole nitrogens is 1. The van der Waals surface area contributed by atoms with Crippen molar-refractivity contribution in [3.8, 4) is 11.1 Å². The van der Waals surface area contributed by atoms with Gasteiger partial charge in [0.05, 0.1) is 18.7 Å². The molecule has 2 atom stereocenters. The van der Waals surface area contributed by atoms with Crippen LogP contribution in [-0.2, 0) is 11.2 Å². The normalized spacial score (nSPS) is 12.9. The standard InChI is InChI=1S/C24H27ClFN5O4/c1-31(8-9-32)14-17(24(34)35)11-19(28-23(33)22-13-27-30-29-22)10-15-2-4-16(5-3-15)20-12-18(25)6-7-21(20)26/h2-7,12-13,17,19,32H,8-11,14H2,1H3,(H,28,33)(H,34,35)(H,27,29,30)/t17-,19+/m0/s1. The molecule has 1 amide bonds. The molecule has 0 fully saturated rings. The van der Waals surface area contributed by atoms with E-state index in [9.17, 15) is 19.1 Å². The number of carbonyl (C=O) groups is 2. The SMILES string of the molecule is CN(CCO)C[C@H](C[C@@H](Cc1ccc(-c2cc(Cl)ccc2F)cc1)NC(=O)c1c[nH]nn1)C(=O)O. The molecule has 3 aromatic rings. The van der Waals surface area contributed by atoms with Crippen LogP contribution < -0.4 is 5.32 Å². The van der Waals surface area contributed by atoms with Gasteiger partial charge in [-0.1, -0.05) is 41.1 Å². The van der Waals surface area contributed by atoms with Crippen molar-refractivity contribution < 1.29 is 24.2 Å². The summed E-state index contributed by atoms with van der Waals surface area (Å²) in [5.74, 6) is -2.65. The minimum Gasteiger partial charge on any atom is -0.481 e. The van der Waals surface area contributed by atoms with E-state index in [1.165, 1.54) is 18.3 Å². The molecule has 0 bridgehead atoms. The number of aromatic nitrogens is 3. The third-order valence-electron chi connectivity index (χ3n) is 5.59. The Labute approximate surface area is 206 Å². The van der Waals surface area contributed by atoms with E-state index in [1.807, 2.05) is 0 Å². The largest absolute Gasteiger partial charge is 0.481 e. The maximum absolute atomic E-state index is 14.2. The third-order valence-corrected chi connectivity index (χ3v) is 5.83. The molecule has 0 radical (unpaired) electrons. The van der Waals surface area contributed by atoms with Gasteiger partial charge in [0.1, 0.15) is 5.82 Å². The molecular weight excluding hydrogens is 477 g/mol. The van der Waals surface area contributed by atoms with Gasteiger partial charge in [-0.25, -0.2) is 4.39 Å². The molecule has 1 heterocycles. The van der Waals surface area contributed by atoms with Gasteiger partial charge in [-0.2, -0.15) is 0 Å². The fourth-order valence-electron chi connectivity index (χ4n) is 3.82. The molecule has 0 aliphatic rings. The van der Waals surface area contributed by atoms with Gasteiger partial charge in [-0.3, -0.25) is 14.7 Å². The number of carbonyl (C=O) groups excluding carboxylic acids is 1. The molecule has 4 N–H and O–H groups in total. The Kier molecular flexibility index (Phi) is 9.30. The highest BCUT2D eigenvalue weighted by Crippen LogP contribution is 2.27. The van der Waals surface area contributed by atoms with E-state index < -0.39 is 29.7 Å². The molecule has 0 aliphatic carbocycles. The summed E-state index contributed by atoms with van der Waals surface area (Å²) in [6, 6.07) is 10.9. The number of carboxylic acids is 1. The lowest BCUT2D eigenvalue weighted by molar-refractivity contribution is -0.142. The zero-order chi connectivity index (χ0) is 25.4. The minimum atomic E-state index is -0.998. The lowest BCUT2D eigenvalue weighted by Gasteiger charge is -2.25. The summed E-state index contributed by atoms with van der Waals surface area (Å²) in [7, 11) is 1.73. The van der Waals surface area contributed by atoms with Gasteiger partial charge >= 0.3 is 5.97 Å². The number of likely N-dealkylation sites (N-methyl/N-ethyl adjacent to an activating group) is 1. The fourth-order valence-corrected chi connectivity index (χ4v) is 4.00. The van der Waals surface area contributed by atoms with Crippen molar-refractivity contribution in [2.24, 2.45) is 5.92 Å². The molecule has 35 heavy (non-hydrogen) atoms. The van der Waals surface area contributed by atoms with Crippen LogP contribution in [0.2, 0.25) is 5.02 Å². The van der Waals surface area contributed by atoms with E-state index in [0.29, 0.717) is 29.1 Å². The Morgan fingerprint density at radius 3 is 2.60 bits per heavy atom. The number of aliphatic hydroxyl groups is 1. The summed E-state index contributed by atoms with van der Waals surface area (Å²) in [6.45, 7) is 0.454. The average Bonchev–Trinajstić information content (AvgIpc) is 3.36. The van der Waals surface area contributed by atoms with Crippen molar-refractivity contribution >= 4 is 23.5 Å². The smallest absolute Gasteiger partial charge is 0.307 e. The average molecular weight is 504 g/mol. The van der Waals surface area contributed by atoms with E-state index in [2.05, 4.69) is 20.7 Å². The monoisotopic (exact) mass is 503 g/mol. The molecule has 1 aromatic heterocycles. The van der Waals surface area contributed by atoms with Crippen LogP contribution in [0.1, 0.15) is 22.5 Å². The summed E-state index contributed by atoms with van der Waals surface area (Å²) in [6.07, 6.45) is 1.85. The second-order valence-electron chi connectivity index (χ2n) is 8.31. The first-order valence-corrected chi connectivity index (χ1v) is 11.4. The first-order valence-electron chi connectivity index (χ1n) is 11.0. The molecule has 0 saturated heterocycles. The highest BCUT2D eigenvalue weighted by molar-refractivity contribution is 6.30. The lowest BCUT2D eigenvalue weighted by Crippen LogP contribution is -2.42. The maximum Gasteiger partial charge on any atom is 0.307 e. The highest BCUT2D eigenvalue weighted by atomic mass is 35.5. The van der Waals surface area contributed by atoms with Crippen LogP contribution in [0.5, 0.6) is 0 Å². The Balaban J connectivity index is 1.79. The van der Waals surface area contributed by atoms with Crippen molar-refractivity contribution in [3.63, 3.8) is 0 Å². The van der Waals surface area contributed by atoms with Crippen LogP contribution in [-0.4, -0.2) is 75.2 Å². The topological polar surface area (TPSA) is 131 Å². The Morgan fingerprint density at radius 1 is 1.23 bits per heavy atom. The number of halogens is 2. The third kappa shape index (κ3) is 7.57. The number of aliphatic carboxylic acids is 1. The summed E-state index contributed by atoms with van der Waals surface area (Å²) < 4.78 is 14.2. The van der Waals surface area contributed by atoms with E-state index in [1.54, 1.807) is 42.3 Å². The molecule has 0 spiro atoms. The van der Waals surface area contributed by atoms with Gasteiger partial charge in [0.2, 0.25) is 0 Å². The number of aromatic amines is 1. The van der Waals surface area contributed by atoms with Crippen LogP contribution in [0.3, 0.4) is 0 Å². The number of carboxylic acid groups (broad SMARTS) is 1. The number of nitrogens with one attached hydrogen (secondary N) is 2. The van der Waals surface area contributed by atoms with Crippen molar-refractivity contribution in [1.82, 2.24) is 25.6 Å². The number of rotatable bonds is 12. The second-order valence-corrected chi connectivity index (χ2v) is 8.75. The summed E-state index contributed by atoms with van der Waals surface area (Å²) in [4.78, 5) is 26.3. The predicted octanol–water partition coefficient (Wildman–Crippen LogP) is 2.62. The Hall–Kier alpha value is -3.34. The predicted molar refractivity (Wildman–Crippen MR) is 129 cm³/mol. The zero-order valence-corrected chi connectivity index (χ0v) is 19.9. The van der Waals surface area contributed by atoms with Gasteiger partial charge in [-0.05, 0) is 49.2 Å². The number of hydrogen-bond donors (Lipinski definition) is 4. The highest BCUT2D eigenvalue weighted by Gasteiger charge is 2.26. The Morgan fingerprint density at radius 2 is 1.97 bits per heavy atom. The van der Waals surface area contributed by atoms with Gasteiger partial charge in [0, 0.05) is 29.7 Å². The first kappa shape index (κ1) is 26.3. The van der Waals surface area contributed by atoms with E-state index >= 15 is 0 Å². The van der Waals surface area contributed by atoms with E-state index in [0.717, 1.165) is 5.56 Å². The van der Waals surface area contributed by atoms with E-state index in [4.69, 9.17) is 16.7 Å². The van der Waals surface area contributed by atoms with Crippen LogP contribution in [0.15, 0.2) is 48.7 Å². The fraction of sp³-hybridized carbons (Fsp3) is 0.333. The van der Waals surface area contributed by atoms with Crippen molar-refractivity contribution in [1.29, 1.82) is 0 Å². The molecular formula is C24H27ClFN5O4. The van der Waals surface area contributed by atoms with Crippen molar-refractivity contribution in [2.45, 2.75) is 18.9 Å². The maximum atomic E-state index is 14.2. The van der Waals surface area contributed by atoms with Gasteiger partial charge in [-0.15, -0.1) is 5.10 Å². The molecule has 0 saturated carbocycles. The molecule has 2 aromatic carbocycles. The van der Waals surface area contributed by atoms with E-state index in [-0.39, 0.29) is 25.3 Å². The van der Waals surface area contributed by atoms with Crippen LogP contribution in [0.4, 0.5) is 4.39 Å². The summed E-state index contributed by atoms with van der Waals surface area (Å²) in [5.41, 5.74) is 1.93. The minimum absolute atomic E-state index is 0.0886. The van der Waals surface area contributed by atoms with Crippen LogP contribution in [0, 0.1) is 11.7 Å². The molecule has 186 valence electrons. The zero-order valence-electron chi connectivity index (χ0n) is 19.1. The van der Waals surface area contributed by atoms with Crippen LogP contribution in [0.25, 0.3) is 11.1 Å². The number of hydrogen-bond acceptors (Lipinski definition) is 6. The van der Waals surface area contributed by atoms with Gasteiger partial charge in [0.25, 0.3) is 5.91 Å².